The molecule has 0 saturated carbocycles. The first-order chi connectivity index (χ1) is 20.3. The number of carbonyl (C=O) groups is 1. The second kappa shape index (κ2) is 12.6. The number of benzene rings is 3. The highest BCUT2D eigenvalue weighted by Gasteiger charge is 2.52. The number of rotatable bonds is 10. The molecule has 4 aromatic rings. The summed E-state index contributed by atoms with van der Waals surface area (Å²) in [5, 5.41) is 0. The fraction of sp³-hybridized carbons (Fsp3) is 0.242. The predicted molar refractivity (Wildman–Crippen MR) is 154 cm³/mol. The van der Waals surface area contributed by atoms with Crippen LogP contribution in [0.1, 0.15) is 33.1 Å². The third-order valence-electron chi connectivity index (χ3n) is 7.26. The molecule has 1 aliphatic rings. The lowest BCUT2D eigenvalue weighted by Gasteiger charge is -2.33. The zero-order chi connectivity index (χ0) is 29.7. The van der Waals surface area contributed by atoms with Gasteiger partial charge < -0.3 is 9.47 Å². The third-order valence-corrected chi connectivity index (χ3v) is 7.26. The van der Waals surface area contributed by atoms with Crippen LogP contribution in [0, 0.1) is 12.8 Å². The Morgan fingerprint density at radius 3 is 2.07 bits per heavy atom. The number of hydrogen-bond acceptors (Lipinski definition) is 5. The van der Waals surface area contributed by atoms with Crippen LogP contribution in [0.15, 0.2) is 119 Å². The molecular weight excluding hydrogens is 542 g/mol. The smallest absolute Gasteiger partial charge is 0.338 e. The van der Waals surface area contributed by atoms with Gasteiger partial charge in [-0.05, 0) is 36.3 Å². The maximum atomic E-state index is 15.6. The van der Waals surface area contributed by atoms with Gasteiger partial charge in [0.05, 0.1) is 37.9 Å². The molecule has 1 aliphatic carbocycles. The van der Waals surface area contributed by atoms with Gasteiger partial charge in [-0.25, -0.2) is 13.6 Å². The number of aromatic nitrogens is 2. The van der Waals surface area contributed by atoms with Crippen molar-refractivity contribution >= 4 is 5.91 Å². The summed E-state index contributed by atoms with van der Waals surface area (Å²) in [7, 11) is 0. The normalized spacial score (nSPS) is 18.2. The summed E-state index contributed by atoms with van der Waals surface area (Å²) < 4.78 is 44.7. The van der Waals surface area contributed by atoms with Gasteiger partial charge in [0.25, 0.3) is 17.4 Å². The molecule has 0 aliphatic heterocycles. The summed E-state index contributed by atoms with van der Waals surface area (Å²) in [6.07, 6.45) is 2.04. The van der Waals surface area contributed by atoms with Crippen molar-refractivity contribution in [3.8, 4) is 0 Å². The molecular formula is C33H30F2N2O5. The molecule has 0 amide bonds. The monoisotopic (exact) mass is 572 g/mol. The molecule has 3 aromatic carbocycles. The standard InChI is InChI=1S/C33H30F2N2O5/c1-23-19-36(32(40)37(30(23)38)31(39)26-15-9-4-10-16-26)27-17-18-33(34,35)29(27)28(42-21-25-13-7-3-8-14-25)22-41-20-24-11-5-2-6-12-24/h2-19,27-29H,20-22H2,1H3/t27-,28+,29+/m0/s1. The van der Waals surface area contributed by atoms with Crippen LogP contribution in [0.3, 0.4) is 0 Å². The Labute approximate surface area is 241 Å². The van der Waals surface area contributed by atoms with Crippen molar-refractivity contribution in [2.45, 2.75) is 38.2 Å². The molecule has 0 radical (unpaired) electrons. The SMILES string of the molecule is Cc1cn([C@H]2C=CC(F)(F)[C@H]2[C@@H](COCc2ccccc2)OCc2ccccc2)c(=O)n(C(=O)c2ccccc2)c1=O. The van der Waals surface area contributed by atoms with Crippen molar-refractivity contribution in [1.29, 1.82) is 0 Å². The lowest BCUT2D eigenvalue weighted by molar-refractivity contribution is -0.128. The molecule has 0 bridgehead atoms. The van der Waals surface area contributed by atoms with Crippen molar-refractivity contribution in [3.05, 3.63) is 152 Å². The number of aryl methyl sites for hydroxylation is 1. The van der Waals surface area contributed by atoms with Crippen molar-refractivity contribution < 1.29 is 23.0 Å². The van der Waals surface area contributed by atoms with E-state index in [-0.39, 0.29) is 30.9 Å². The average molecular weight is 573 g/mol. The van der Waals surface area contributed by atoms with Crippen LogP contribution in [0.5, 0.6) is 0 Å². The number of hydrogen-bond donors (Lipinski definition) is 0. The minimum atomic E-state index is -3.38. The minimum absolute atomic E-state index is 0.0411. The summed E-state index contributed by atoms with van der Waals surface area (Å²) in [6, 6.07) is 25.1. The van der Waals surface area contributed by atoms with Crippen molar-refractivity contribution in [2.75, 3.05) is 6.61 Å². The maximum absolute atomic E-state index is 15.6. The third kappa shape index (κ3) is 6.22. The number of alkyl halides is 2. The fourth-order valence-electron chi connectivity index (χ4n) is 5.12. The van der Waals surface area contributed by atoms with Crippen molar-refractivity contribution in [1.82, 2.24) is 9.13 Å². The first kappa shape index (κ1) is 29.0. The largest absolute Gasteiger partial charge is 0.374 e. The van der Waals surface area contributed by atoms with E-state index in [1.165, 1.54) is 31.3 Å². The van der Waals surface area contributed by atoms with Crippen LogP contribution in [0.25, 0.3) is 0 Å². The Balaban J connectivity index is 1.51. The van der Waals surface area contributed by atoms with Gasteiger partial charge in [-0.2, -0.15) is 4.57 Å². The molecule has 0 saturated heterocycles. The van der Waals surface area contributed by atoms with Gasteiger partial charge >= 0.3 is 5.69 Å². The molecule has 1 aromatic heterocycles. The molecule has 9 heteroatoms. The van der Waals surface area contributed by atoms with E-state index >= 15 is 8.78 Å². The van der Waals surface area contributed by atoms with Gasteiger partial charge in [-0.15, -0.1) is 0 Å². The summed E-state index contributed by atoms with van der Waals surface area (Å²) >= 11 is 0. The number of carbonyl (C=O) groups excluding carboxylic acids is 1. The molecule has 7 nitrogen and oxygen atoms in total. The Kier molecular flexibility index (Phi) is 8.70. The minimum Gasteiger partial charge on any atom is -0.374 e. The van der Waals surface area contributed by atoms with Crippen LogP contribution < -0.4 is 11.2 Å². The van der Waals surface area contributed by atoms with E-state index < -0.39 is 41.1 Å². The Bertz CT molecular complexity index is 1670. The molecule has 1 heterocycles. The van der Waals surface area contributed by atoms with Crippen LogP contribution in [-0.4, -0.2) is 33.7 Å². The summed E-state index contributed by atoms with van der Waals surface area (Å²) in [5.41, 5.74) is 0.0126. The highest BCUT2D eigenvalue weighted by Crippen LogP contribution is 2.44. The zero-order valence-corrected chi connectivity index (χ0v) is 22.9. The van der Waals surface area contributed by atoms with E-state index in [4.69, 9.17) is 9.47 Å². The summed E-state index contributed by atoms with van der Waals surface area (Å²) in [5.74, 6) is -5.77. The van der Waals surface area contributed by atoms with Gasteiger partial charge in [-0.1, -0.05) is 84.9 Å². The second-order valence-electron chi connectivity index (χ2n) is 10.2. The maximum Gasteiger partial charge on any atom is 0.338 e. The fourth-order valence-corrected chi connectivity index (χ4v) is 5.12. The quantitative estimate of drug-likeness (QED) is 0.245. The van der Waals surface area contributed by atoms with Crippen molar-refractivity contribution in [3.63, 3.8) is 0 Å². The van der Waals surface area contributed by atoms with Crippen LogP contribution >= 0.6 is 0 Å². The topological polar surface area (TPSA) is 79.5 Å². The lowest BCUT2D eigenvalue weighted by Crippen LogP contribution is -2.49. The molecule has 216 valence electrons. The number of ether oxygens (including phenoxy) is 2. The van der Waals surface area contributed by atoms with Gasteiger partial charge in [0.2, 0.25) is 0 Å². The predicted octanol–water partition coefficient (Wildman–Crippen LogP) is 5.17. The van der Waals surface area contributed by atoms with Crippen LogP contribution in [0.2, 0.25) is 0 Å². The first-order valence-corrected chi connectivity index (χ1v) is 13.5. The van der Waals surface area contributed by atoms with E-state index in [0.717, 1.165) is 21.8 Å². The van der Waals surface area contributed by atoms with E-state index in [0.29, 0.717) is 4.57 Å². The second-order valence-corrected chi connectivity index (χ2v) is 10.2. The van der Waals surface area contributed by atoms with Crippen LogP contribution in [-0.2, 0) is 22.7 Å². The molecule has 0 N–H and O–H groups in total. The first-order valence-electron chi connectivity index (χ1n) is 13.5. The number of allylic oxidation sites excluding steroid dienone is 2. The molecule has 42 heavy (non-hydrogen) atoms. The van der Waals surface area contributed by atoms with Gasteiger partial charge in [0, 0.05) is 17.3 Å². The van der Waals surface area contributed by atoms with E-state index in [1.807, 2.05) is 60.7 Å². The average Bonchev–Trinajstić information content (AvgIpc) is 3.32. The number of halogens is 2. The Morgan fingerprint density at radius 2 is 1.45 bits per heavy atom. The van der Waals surface area contributed by atoms with Crippen molar-refractivity contribution in [2.24, 2.45) is 5.92 Å². The van der Waals surface area contributed by atoms with Gasteiger partial charge in [0.15, 0.2) is 0 Å². The molecule has 3 atom stereocenters. The van der Waals surface area contributed by atoms with Gasteiger partial charge in [-0.3, -0.25) is 14.2 Å². The highest BCUT2D eigenvalue weighted by molar-refractivity contribution is 5.95. The molecule has 5 rings (SSSR count). The van der Waals surface area contributed by atoms with E-state index in [2.05, 4.69) is 0 Å². The molecule has 0 fully saturated rings. The highest BCUT2D eigenvalue weighted by atomic mass is 19.3. The zero-order valence-electron chi connectivity index (χ0n) is 22.9. The lowest BCUT2D eigenvalue weighted by atomic mass is 9.92. The Hall–Kier alpha value is -4.47. The number of nitrogens with zero attached hydrogens (tertiary/aromatic N) is 2. The molecule has 0 unspecified atom stereocenters. The van der Waals surface area contributed by atoms with E-state index in [1.54, 1.807) is 18.2 Å². The summed E-state index contributed by atoms with van der Waals surface area (Å²) in [4.78, 5) is 39.8. The van der Waals surface area contributed by atoms with Gasteiger partial charge in [0.1, 0.15) is 0 Å². The van der Waals surface area contributed by atoms with E-state index in [9.17, 15) is 14.4 Å². The van der Waals surface area contributed by atoms with Crippen LogP contribution in [0.4, 0.5) is 8.78 Å². The summed E-state index contributed by atoms with van der Waals surface area (Å²) in [6.45, 7) is 1.47. The Morgan fingerprint density at radius 1 is 0.881 bits per heavy atom. The molecule has 0 spiro atoms.